The fourth-order valence-electron chi connectivity index (χ4n) is 1.66. The lowest BCUT2D eigenvalue weighted by Gasteiger charge is -2.16. The van der Waals surface area contributed by atoms with Crippen molar-refractivity contribution >= 4 is 5.69 Å². The van der Waals surface area contributed by atoms with Crippen molar-refractivity contribution in [1.82, 2.24) is 0 Å². The van der Waals surface area contributed by atoms with Gasteiger partial charge in [-0.15, -0.1) is 0 Å². The van der Waals surface area contributed by atoms with Gasteiger partial charge in [-0.25, -0.2) is 0 Å². The number of benzene rings is 1. The van der Waals surface area contributed by atoms with E-state index < -0.39 is 5.79 Å². The van der Waals surface area contributed by atoms with Gasteiger partial charge in [-0.05, 0) is 19.1 Å². The molecule has 0 bridgehead atoms. The normalized spacial score (nSPS) is 18.2. The van der Waals surface area contributed by atoms with Gasteiger partial charge >= 0.3 is 0 Å². The van der Waals surface area contributed by atoms with Crippen molar-refractivity contribution in [3.8, 4) is 11.5 Å². The molecular formula is C12H18N2O2. The van der Waals surface area contributed by atoms with Crippen LogP contribution in [0.5, 0.6) is 11.5 Å². The Labute approximate surface area is 95.7 Å². The Bertz CT molecular complexity index is 391. The van der Waals surface area contributed by atoms with Crippen molar-refractivity contribution in [3.05, 3.63) is 18.2 Å². The van der Waals surface area contributed by atoms with Gasteiger partial charge < -0.3 is 20.5 Å². The predicted octanol–water partition coefficient (Wildman–Crippen LogP) is 1.95. The van der Waals surface area contributed by atoms with Gasteiger partial charge in [0.15, 0.2) is 11.5 Å². The molecule has 1 unspecified atom stereocenters. The highest BCUT2D eigenvalue weighted by Crippen LogP contribution is 2.40. The number of anilines is 1. The summed E-state index contributed by atoms with van der Waals surface area (Å²) >= 11 is 0. The number of hydrogen-bond acceptors (Lipinski definition) is 4. The monoisotopic (exact) mass is 222 g/mol. The first-order valence-electron chi connectivity index (χ1n) is 5.49. The van der Waals surface area contributed by atoms with Crippen LogP contribution >= 0.6 is 0 Å². The van der Waals surface area contributed by atoms with Crippen molar-refractivity contribution in [2.45, 2.75) is 32.6 Å². The summed E-state index contributed by atoms with van der Waals surface area (Å²) in [5, 5.41) is 3.29. The van der Waals surface area contributed by atoms with E-state index >= 15 is 0 Å². The minimum atomic E-state index is -0.569. The molecule has 0 aromatic heterocycles. The lowest BCUT2D eigenvalue weighted by atomic mass is 10.2. The molecule has 2 rings (SSSR count). The lowest BCUT2D eigenvalue weighted by molar-refractivity contribution is -0.0431. The average Bonchev–Trinajstić information content (AvgIpc) is 2.51. The molecule has 1 aromatic carbocycles. The molecular weight excluding hydrogens is 204 g/mol. The third-order valence-electron chi connectivity index (χ3n) is 2.42. The molecule has 1 heterocycles. The Balaban J connectivity index is 2.16. The molecule has 4 nitrogen and oxygen atoms in total. The Morgan fingerprint density at radius 3 is 2.69 bits per heavy atom. The number of hydrogen-bond donors (Lipinski definition) is 2. The van der Waals surface area contributed by atoms with Crippen LogP contribution in [-0.2, 0) is 0 Å². The van der Waals surface area contributed by atoms with Crippen LogP contribution in [0, 0.1) is 0 Å². The van der Waals surface area contributed by atoms with E-state index in [9.17, 15) is 0 Å². The second-order valence-electron chi connectivity index (χ2n) is 4.55. The van der Waals surface area contributed by atoms with Gasteiger partial charge in [-0.2, -0.15) is 0 Å². The molecule has 0 spiro atoms. The summed E-state index contributed by atoms with van der Waals surface area (Å²) in [5.41, 5.74) is 6.56. The van der Waals surface area contributed by atoms with Crippen LogP contribution in [0.15, 0.2) is 18.2 Å². The molecule has 0 radical (unpaired) electrons. The Morgan fingerprint density at radius 1 is 1.31 bits per heavy atom. The molecule has 1 aromatic rings. The standard InChI is InChI=1S/C12H18N2O2/c1-8(7-13)14-9-4-5-10-11(6-9)16-12(2,3)15-10/h4-6,8,14H,7,13H2,1-3H3. The summed E-state index contributed by atoms with van der Waals surface area (Å²) in [7, 11) is 0. The fraction of sp³-hybridized carbons (Fsp3) is 0.500. The van der Waals surface area contributed by atoms with E-state index in [1.165, 1.54) is 0 Å². The maximum atomic E-state index is 5.66. The molecule has 16 heavy (non-hydrogen) atoms. The molecule has 3 N–H and O–H groups in total. The molecule has 1 aliphatic rings. The topological polar surface area (TPSA) is 56.5 Å². The van der Waals surface area contributed by atoms with E-state index in [0.717, 1.165) is 17.2 Å². The molecule has 0 saturated heterocycles. The van der Waals surface area contributed by atoms with Crippen LogP contribution in [0.1, 0.15) is 20.8 Å². The predicted molar refractivity (Wildman–Crippen MR) is 63.9 cm³/mol. The van der Waals surface area contributed by atoms with Crippen LogP contribution in [-0.4, -0.2) is 18.4 Å². The molecule has 88 valence electrons. The lowest BCUT2D eigenvalue weighted by Crippen LogP contribution is -2.29. The highest BCUT2D eigenvalue weighted by Gasteiger charge is 2.31. The number of nitrogens with two attached hydrogens (primary N) is 1. The Hall–Kier alpha value is -1.42. The zero-order valence-corrected chi connectivity index (χ0v) is 9.91. The van der Waals surface area contributed by atoms with Crippen LogP contribution in [0.25, 0.3) is 0 Å². The fourth-order valence-corrected chi connectivity index (χ4v) is 1.66. The van der Waals surface area contributed by atoms with E-state index in [0.29, 0.717) is 6.54 Å². The Morgan fingerprint density at radius 2 is 2.00 bits per heavy atom. The summed E-state index contributed by atoms with van der Waals surface area (Å²) in [6, 6.07) is 6.06. The SMILES string of the molecule is CC(CN)Nc1ccc2c(c1)OC(C)(C)O2. The quantitative estimate of drug-likeness (QED) is 0.820. The van der Waals surface area contributed by atoms with Crippen LogP contribution < -0.4 is 20.5 Å². The third kappa shape index (κ3) is 2.22. The first kappa shape index (κ1) is 11.1. The highest BCUT2D eigenvalue weighted by atomic mass is 16.7. The van der Waals surface area contributed by atoms with Crippen LogP contribution in [0.3, 0.4) is 0 Å². The van der Waals surface area contributed by atoms with Gasteiger partial charge in [-0.1, -0.05) is 0 Å². The van der Waals surface area contributed by atoms with Gasteiger partial charge in [-0.3, -0.25) is 0 Å². The van der Waals surface area contributed by atoms with Gasteiger partial charge in [0.25, 0.3) is 0 Å². The largest absolute Gasteiger partial charge is 0.449 e. The van der Waals surface area contributed by atoms with Crippen molar-refractivity contribution < 1.29 is 9.47 Å². The molecule has 0 fully saturated rings. The number of fused-ring (bicyclic) bond motifs is 1. The number of rotatable bonds is 3. The van der Waals surface area contributed by atoms with Gasteiger partial charge in [0.2, 0.25) is 5.79 Å². The molecule has 0 amide bonds. The average molecular weight is 222 g/mol. The summed E-state index contributed by atoms with van der Waals surface area (Å²) in [6.45, 7) is 6.42. The van der Waals surface area contributed by atoms with Gasteiger partial charge in [0.1, 0.15) is 0 Å². The van der Waals surface area contributed by atoms with Crippen LogP contribution in [0.2, 0.25) is 0 Å². The van der Waals surface area contributed by atoms with Crippen LogP contribution in [0.4, 0.5) is 5.69 Å². The highest BCUT2D eigenvalue weighted by molar-refractivity contribution is 5.56. The molecule has 1 aliphatic heterocycles. The minimum absolute atomic E-state index is 0.244. The van der Waals surface area contributed by atoms with E-state index in [1.54, 1.807) is 0 Å². The second kappa shape index (κ2) is 3.87. The maximum Gasteiger partial charge on any atom is 0.246 e. The molecule has 1 atom stereocenters. The summed E-state index contributed by atoms with van der Waals surface area (Å²) in [4.78, 5) is 0. The number of nitrogens with one attached hydrogen (secondary N) is 1. The van der Waals surface area contributed by atoms with Crippen molar-refractivity contribution in [3.63, 3.8) is 0 Å². The Kier molecular flexibility index (Phi) is 2.68. The molecule has 0 aliphatic carbocycles. The zero-order valence-electron chi connectivity index (χ0n) is 9.91. The van der Waals surface area contributed by atoms with Gasteiger partial charge in [0, 0.05) is 38.2 Å². The maximum absolute atomic E-state index is 5.66. The summed E-state index contributed by atoms with van der Waals surface area (Å²) in [6.07, 6.45) is 0. The van der Waals surface area contributed by atoms with E-state index in [4.69, 9.17) is 15.2 Å². The number of ether oxygens (including phenoxy) is 2. The first-order chi connectivity index (χ1) is 7.50. The minimum Gasteiger partial charge on any atom is -0.449 e. The van der Waals surface area contributed by atoms with Crippen molar-refractivity contribution in [1.29, 1.82) is 0 Å². The van der Waals surface area contributed by atoms with E-state index in [-0.39, 0.29) is 6.04 Å². The second-order valence-corrected chi connectivity index (χ2v) is 4.55. The summed E-state index contributed by atoms with van der Waals surface area (Å²) in [5.74, 6) is 0.996. The van der Waals surface area contributed by atoms with E-state index in [2.05, 4.69) is 5.32 Å². The van der Waals surface area contributed by atoms with Crippen molar-refractivity contribution in [2.75, 3.05) is 11.9 Å². The third-order valence-corrected chi connectivity index (χ3v) is 2.42. The summed E-state index contributed by atoms with van der Waals surface area (Å²) < 4.78 is 11.3. The van der Waals surface area contributed by atoms with Crippen molar-refractivity contribution in [2.24, 2.45) is 5.73 Å². The first-order valence-corrected chi connectivity index (χ1v) is 5.49. The molecule has 0 saturated carbocycles. The van der Waals surface area contributed by atoms with Gasteiger partial charge in [0.05, 0.1) is 0 Å². The van der Waals surface area contributed by atoms with E-state index in [1.807, 2.05) is 39.0 Å². The molecule has 4 heteroatoms. The zero-order chi connectivity index (χ0) is 11.8. The smallest absolute Gasteiger partial charge is 0.246 e.